The van der Waals surface area contributed by atoms with Gasteiger partial charge < -0.3 is 5.53 Å². The molecular weight excluding hydrogens is 527 g/mol. The summed E-state index contributed by atoms with van der Waals surface area (Å²) < 4.78 is 11.4. The van der Waals surface area contributed by atoms with E-state index in [4.69, 9.17) is 7.76 Å². The van der Waals surface area contributed by atoms with Crippen molar-refractivity contribution in [3.8, 4) is 0 Å². The van der Waals surface area contributed by atoms with Crippen molar-refractivity contribution in [1.82, 2.24) is 0 Å². The van der Waals surface area contributed by atoms with E-state index in [9.17, 15) is 5.53 Å². The first-order valence-corrected chi connectivity index (χ1v) is 15.9. The first kappa shape index (κ1) is 33.1. The molecule has 1 heterocycles. The topological polar surface area (TPSA) is 43.8 Å². The van der Waals surface area contributed by atoms with E-state index in [0.29, 0.717) is 0 Å². The summed E-state index contributed by atoms with van der Waals surface area (Å²) in [6.45, 7) is 12.4. The molecule has 39 heavy (non-hydrogen) atoms. The molecule has 0 bridgehead atoms. The fourth-order valence-electron chi connectivity index (χ4n) is 4.35. The zero-order valence-corrected chi connectivity index (χ0v) is 25.9. The SMILES string of the molecule is CCCCC1=C(c2cccc(CCCC)c2)[N+](=[N-])C(c2cccc(CCCC)c2)=C1.CCC[O][Ni][O]CCC. The van der Waals surface area contributed by atoms with Crippen LogP contribution in [0.5, 0.6) is 0 Å². The van der Waals surface area contributed by atoms with Crippen LogP contribution in [-0.4, -0.2) is 17.9 Å². The average molecular weight is 577 g/mol. The van der Waals surface area contributed by atoms with Crippen LogP contribution in [0.15, 0.2) is 60.2 Å². The summed E-state index contributed by atoms with van der Waals surface area (Å²) in [5, 5.41) is 0. The third-order valence-electron chi connectivity index (χ3n) is 6.53. The molecule has 4 nitrogen and oxygen atoms in total. The number of benzene rings is 2. The molecule has 0 atom stereocenters. The van der Waals surface area contributed by atoms with Crippen molar-refractivity contribution < 1.29 is 27.5 Å². The molecule has 1 aliphatic rings. The normalized spacial score (nSPS) is 13.1. The van der Waals surface area contributed by atoms with E-state index in [1.54, 1.807) is 0 Å². The van der Waals surface area contributed by atoms with Gasteiger partial charge in [-0.3, -0.25) is 0 Å². The summed E-state index contributed by atoms with van der Waals surface area (Å²) >= 11 is 0.942. The molecule has 2 aromatic rings. The predicted molar refractivity (Wildman–Crippen MR) is 161 cm³/mol. The van der Waals surface area contributed by atoms with Crippen LogP contribution in [0.4, 0.5) is 0 Å². The van der Waals surface area contributed by atoms with Crippen LogP contribution in [0.1, 0.15) is 115 Å². The van der Waals surface area contributed by atoms with Gasteiger partial charge in [-0.1, -0.05) is 64.3 Å². The number of hydrogen-bond acceptors (Lipinski definition) is 2. The number of nitrogens with zero attached hydrogens (tertiary/aromatic N) is 2. The van der Waals surface area contributed by atoms with E-state index in [0.717, 1.165) is 95.8 Å². The molecule has 1 aliphatic heterocycles. The van der Waals surface area contributed by atoms with Gasteiger partial charge in [0, 0.05) is 22.8 Å². The molecule has 0 fully saturated rings. The fourth-order valence-corrected chi connectivity index (χ4v) is 5.00. The molecular formula is C34H50N2NiO2. The zero-order chi connectivity index (χ0) is 28.3. The van der Waals surface area contributed by atoms with Crippen molar-refractivity contribution in [2.45, 2.75) is 105 Å². The molecule has 3 rings (SSSR count). The number of aryl methyl sites for hydroxylation is 2. The van der Waals surface area contributed by atoms with Crippen LogP contribution in [-0.2, 0) is 35.7 Å². The fraction of sp³-hybridized carbons (Fsp3) is 0.529. The quantitative estimate of drug-likeness (QED) is 0.107. The second kappa shape index (κ2) is 19.9. The van der Waals surface area contributed by atoms with Crippen LogP contribution >= 0.6 is 0 Å². The maximum atomic E-state index is 11.3. The minimum absolute atomic E-state index is 0.781. The Morgan fingerprint density at radius 1 is 0.667 bits per heavy atom. The van der Waals surface area contributed by atoms with Crippen molar-refractivity contribution in [1.29, 1.82) is 0 Å². The summed E-state index contributed by atoms with van der Waals surface area (Å²) in [5.41, 5.74) is 19.3. The van der Waals surface area contributed by atoms with Crippen molar-refractivity contribution in [3.63, 3.8) is 0 Å². The Morgan fingerprint density at radius 2 is 1.18 bits per heavy atom. The van der Waals surface area contributed by atoms with E-state index in [-0.39, 0.29) is 0 Å². The van der Waals surface area contributed by atoms with Gasteiger partial charge in [0.15, 0.2) is 0 Å². The Morgan fingerprint density at radius 3 is 1.72 bits per heavy atom. The molecule has 0 amide bonds. The number of unbranched alkanes of at least 4 members (excludes halogenated alkanes) is 3. The van der Waals surface area contributed by atoms with Gasteiger partial charge in [-0.15, -0.1) is 0 Å². The number of hydrogen-bond donors (Lipinski definition) is 0. The summed E-state index contributed by atoms with van der Waals surface area (Å²) in [7, 11) is 0. The molecule has 5 heteroatoms. The van der Waals surface area contributed by atoms with Gasteiger partial charge >= 0.3 is 62.7 Å². The summed E-state index contributed by atoms with van der Waals surface area (Å²) in [5.74, 6) is 0. The Labute approximate surface area is 244 Å². The molecule has 0 radical (unpaired) electrons. The Hall–Kier alpha value is -2.07. The van der Waals surface area contributed by atoms with E-state index in [1.165, 1.54) is 47.1 Å². The second-order valence-corrected chi connectivity index (χ2v) is 10.8. The first-order valence-electron chi connectivity index (χ1n) is 15.0. The van der Waals surface area contributed by atoms with Gasteiger partial charge in [-0.05, 0) is 73.9 Å². The van der Waals surface area contributed by atoms with Crippen LogP contribution in [0.25, 0.3) is 16.9 Å². The summed E-state index contributed by atoms with van der Waals surface area (Å²) in [6, 6.07) is 17.4. The average Bonchev–Trinajstić information content (AvgIpc) is 3.30. The Bertz CT molecular complexity index is 1050. The molecule has 0 saturated heterocycles. The van der Waals surface area contributed by atoms with Crippen LogP contribution in [0.3, 0.4) is 0 Å². The zero-order valence-electron chi connectivity index (χ0n) is 24.9. The van der Waals surface area contributed by atoms with Crippen molar-refractivity contribution in [3.05, 3.63) is 88.0 Å². The van der Waals surface area contributed by atoms with E-state index in [1.807, 2.05) is 0 Å². The van der Waals surface area contributed by atoms with Gasteiger partial charge in [0.1, 0.15) is 0 Å². The van der Waals surface area contributed by atoms with Gasteiger partial charge in [0.2, 0.25) is 11.4 Å². The van der Waals surface area contributed by atoms with Gasteiger partial charge in [0.25, 0.3) is 0 Å². The van der Waals surface area contributed by atoms with Gasteiger partial charge in [-0.25, -0.2) is 4.70 Å². The molecule has 0 aromatic heterocycles. The minimum atomic E-state index is 0.781. The summed E-state index contributed by atoms with van der Waals surface area (Å²) in [6.07, 6.45) is 14.5. The third-order valence-corrected chi connectivity index (χ3v) is 7.16. The van der Waals surface area contributed by atoms with E-state index < -0.39 is 0 Å². The van der Waals surface area contributed by atoms with Gasteiger partial charge in [0.05, 0.1) is 0 Å². The predicted octanol–water partition coefficient (Wildman–Crippen LogP) is 10.1. The third kappa shape index (κ3) is 11.5. The van der Waals surface area contributed by atoms with Gasteiger partial charge in [-0.2, -0.15) is 0 Å². The molecule has 0 saturated carbocycles. The Balaban J connectivity index is 0.000000510. The first-order chi connectivity index (χ1) is 19.1. The Kier molecular flexibility index (Phi) is 16.9. The van der Waals surface area contributed by atoms with Crippen molar-refractivity contribution in [2.75, 3.05) is 13.2 Å². The molecule has 0 spiro atoms. The monoisotopic (exact) mass is 576 g/mol. The van der Waals surface area contributed by atoms with Crippen LogP contribution in [0.2, 0.25) is 0 Å². The van der Waals surface area contributed by atoms with E-state index in [2.05, 4.69) is 89.2 Å². The van der Waals surface area contributed by atoms with Crippen molar-refractivity contribution in [2.24, 2.45) is 0 Å². The summed E-state index contributed by atoms with van der Waals surface area (Å²) in [4.78, 5) is 0. The molecule has 2 aromatic carbocycles. The van der Waals surface area contributed by atoms with Crippen molar-refractivity contribution >= 4 is 11.4 Å². The van der Waals surface area contributed by atoms with E-state index >= 15 is 0 Å². The molecule has 0 unspecified atom stereocenters. The number of rotatable bonds is 17. The maximum absolute atomic E-state index is 11.3. The van der Waals surface area contributed by atoms with Crippen LogP contribution in [0, 0.1) is 0 Å². The molecule has 0 N–H and O–H groups in total. The number of allylic oxidation sites excluding steroid dienone is 2. The standard InChI is InChI=1S/C28H36N2.2C3H7O.Ni/c1-4-7-12-22-14-10-17-24(19-22)27-21-26(16-9-6-3)28(30(27)29)25-18-11-15-23(20-25)13-8-5-2;2*1-2-3-4;/h10-11,14-15,17-21H,4-9,12-13,16H2,1-3H3;2*2-3H2,1H3;/q;2*-1;+2. The van der Waals surface area contributed by atoms with Crippen LogP contribution < -0.4 is 0 Å². The molecule has 0 aliphatic carbocycles. The molecule has 218 valence electrons. The second-order valence-electron chi connectivity index (χ2n) is 10.1.